The van der Waals surface area contributed by atoms with Crippen LogP contribution in [0.4, 0.5) is 0 Å². The Bertz CT molecular complexity index is 935. The molecule has 0 aliphatic carbocycles. The van der Waals surface area contributed by atoms with E-state index in [-0.39, 0.29) is 17.8 Å². The van der Waals surface area contributed by atoms with Gasteiger partial charge in [0.05, 0.1) is 0 Å². The molecule has 0 radical (unpaired) electrons. The average Bonchev–Trinajstić information content (AvgIpc) is 2.55. The molecular weight excluding hydrogens is 296 g/mol. The summed E-state index contributed by atoms with van der Waals surface area (Å²) in [7, 11) is 0. The highest BCUT2D eigenvalue weighted by Crippen LogP contribution is 2.12. The first-order valence-corrected chi connectivity index (χ1v) is 6.95. The van der Waals surface area contributed by atoms with E-state index < -0.39 is 17.3 Å². The first-order chi connectivity index (χ1) is 11.1. The minimum atomic E-state index is -0.673. The van der Waals surface area contributed by atoms with Gasteiger partial charge in [-0.05, 0) is 36.2 Å². The predicted octanol–water partition coefficient (Wildman–Crippen LogP) is 1.03. The van der Waals surface area contributed by atoms with Gasteiger partial charge in [-0.3, -0.25) is 19.0 Å². The molecule has 0 fully saturated rings. The van der Waals surface area contributed by atoms with E-state index in [9.17, 15) is 14.7 Å². The lowest BCUT2D eigenvalue weighted by molar-refractivity contribution is 0.0945. The van der Waals surface area contributed by atoms with Crippen LogP contribution in [0.15, 0.2) is 47.7 Å². The van der Waals surface area contributed by atoms with Crippen LogP contribution in [0.1, 0.15) is 21.5 Å². The summed E-state index contributed by atoms with van der Waals surface area (Å²) in [5.74, 6) is -1.25. The SMILES string of the molecule is Cc1ccc2nc(O)c(C(=O)NCc3ccncc3)c(=O)n2c1. The van der Waals surface area contributed by atoms with Crippen molar-refractivity contribution in [3.05, 3.63) is 69.9 Å². The molecule has 3 aromatic rings. The van der Waals surface area contributed by atoms with E-state index in [1.54, 1.807) is 42.9 Å². The molecule has 0 unspecified atom stereocenters. The molecule has 3 rings (SSSR count). The van der Waals surface area contributed by atoms with Crippen molar-refractivity contribution in [2.24, 2.45) is 0 Å². The van der Waals surface area contributed by atoms with Crippen LogP contribution < -0.4 is 10.9 Å². The van der Waals surface area contributed by atoms with Crippen molar-refractivity contribution in [2.45, 2.75) is 13.5 Å². The number of carbonyl (C=O) groups is 1. The van der Waals surface area contributed by atoms with Crippen molar-refractivity contribution < 1.29 is 9.90 Å². The third kappa shape index (κ3) is 2.89. The molecule has 0 aliphatic rings. The number of nitrogens with one attached hydrogen (secondary N) is 1. The summed E-state index contributed by atoms with van der Waals surface area (Å²) < 4.78 is 1.25. The predicted molar refractivity (Wildman–Crippen MR) is 83.3 cm³/mol. The minimum Gasteiger partial charge on any atom is -0.493 e. The largest absolute Gasteiger partial charge is 0.493 e. The second-order valence-electron chi connectivity index (χ2n) is 5.09. The minimum absolute atomic E-state index is 0.219. The van der Waals surface area contributed by atoms with Gasteiger partial charge in [0.1, 0.15) is 5.65 Å². The number of aromatic hydroxyl groups is 1. The van der Waals surface area contributed by atoms with Crippen molar-refractivity contribution >= 4 is 11.6 Å². The molecule has 3 aromatic heterocycles. The smallest absolute Gasteiger partial charge is 0.274 e. The summed E-state index contributed by atoms with van der Waals surface area (Å²) in [6.45, 7) is 2.04. The average molecular weight is 310 g/mol. The molecule has 0 bridgehead atoms. The molecule has 0 aliphatic heterocycles. The summed E-state index contributed by atoms with van der Waals surface area (Å²) in [4.78, 5) is 32.5. The number of aromatic nitrogens is 3. The second-order valence-corrected chi connectivity index (χ2v) is 5.09. The Morgan fingerprint density at radius 2 is 2.00 bits per heavy atom. The molecule has 2 N–H and O–H groups in total. The van der Waals surface area contributed by atoms with E-state index in [1.165, 1.54) is 4.40 Å². The summed E-state index contributed by atoms with van der Waals surface area (Å²) in [5, 5.41) is 12.5. The highest BCUT2D eigenvalue weighted by Gasteiger charge is 2.19. The standard InChI is InChI=1S/C16H14N4O3/c1-10-2-3-12-19-15(22)13(16(23)20(12)9-10)14(21)18-8-11-4-6-17-7-5-11/h2-7,9,22H,8H2,1H3,(H,18,21). The lowest BCUT2D eigenvalue weighted by Crippen LogP contribution is -2.31. The molecule has 0 aromatic carbocycles. The summed E-state index contributed by atoms with van der Waals surface area (Å²) in [5.41, 5.74) is 0.974. The van der Waals surface area contributed by atoms with Gasteiger partial charge >= 0.3 is 0 Å². The normalized spacial score (nSPS) is 10.7. The molecule has 3 heterocycles. The van der Waals surface area contributed by atoms with Crippen molar-refractivity contribution in [1.29, 1.82) is 0 Å². The first kappa shape index (κ1) is 14.7. The zero-order chi connectivity index (χ0) is 16.4. The molecule has 23 heavy (non-hydrogen) atoms. The number of hydrogen-bond donors (Lipinski definition) is 2. The van der Waals surface area contributed by atoms with Crippen LogP contribution in [0.5, 0.6) is 5.88 Å². The van der Waals surface area contributed by atoms with Crippen LogP contribution in [-0.4, -0.2) is 25.4 Å². The fourth-order valence-corrected chi connectivity index (χ4v) is 2.20. The molecule has 0 saturated heterocycles. The van der Waals surface area contributed by atoms with Gasteiger partial charge in [0.2, 0.25) is 5.88 Å². The molecular formula is C16H14N4O3. The third-order valence-electron chi connectivity index (χ3n) is 3.38. The number of carbonyl (C=O) groups excluding carboxylic acids is 1. The number of hydrogen-bond acceptors (Lipinski definition) is 5. The van der Waals surface area contributed by atoms with E-state index in [2.05, 4.69) is 15.3 Å². The Kier molecular flexibility index (Phi) is 3.76. The van der Waals surface area contributed by atoms with E-state index in [0.29, 0.717) is 0 Å². The Morgan fingerprint density at radius 3 is 2.74 bits per heavy atom. The van der Waals surface area contributed by atoms with Crippen LogP contribution in [0.3, 0.4) is 0 Å². The number of nitrogens with zero attached hydrogens (tertiary/aromatic N) is 3. The maximum atomic E-state index is 12.4. The van der Waals surface area contributed by atoms with Crippen molar-refractivity contribution in [1.82, 2.24) is 19.7 Å². The lowest BCUT2D eigenvalue weighted by Gasteiger charge is -2.08. The van der Waals surface area contributed by atoms with E-state index in [0.717, 1.165) is 11.1 Å². The van der Waals surface area contributed by atoms with Crippen LogP contribution in [0, 0.1) is 6.92 Å². The molecule has 0 spiro atoms. The van der Waals surface area contributed by atoms with Crippen LogP contribution in [0.25, 0.3) is 5.65 Å². The van der Waals surface area contributed by atoms with Gasteiger partial charge in [-0.15, -0.1) is 0 Å². The monoisotopic (exact) mass is 310 g/mol. The van der Waals surface area contributed by atoms with Gasteiger partial charge in [0.15, 0.2) is 5.56 Å². The Balaban J connectivity index is 1.95. The van der Waals surface area contributed by atoms with Gasteiger partial charge in [-0.25, -0.2) is 0 Å². The summed E-state index contributed by atoms with van der Waals surface area (Å²) in [6.07, 6.45) is 4.78. The maximum absolute atomic E-state index is 12.4. The van der Waals surface area contributed by atoms with Gasteiger partial charge in [0, 0.05) is 25.1 Å². The maximum Gasteiger partial charge on any atom is 0.274 e. The van der Waals surface area contributed by atoms with Gasteiger partial charge in [-0.2, -0.15) is 4.98 Å². The van der Waals surface area contributed by atoms with Gasteiger partial charge in [-0.1, -0.05) is 6.07 Å². The molecule has 7 nitrogen and oxygen atoms in total. The van der Waals surface area contributed by atoms with Gasteiger partial charge < -0.3 is 10.4 Å². The number of amides is 1. The fourth-order valence-electron chi connectivity index (χ4n) is 2.20. The number of fused-ring (bicyclic) bond motifs is 1. The Morgan fingerprint density at radius 1 is 1.26 bits per heavy atom. The first-order valence-electron chi connectivity index (χ1n) is 6.95. The zero-order valence-electron chi connectivity index (χ0n) is 12.4. The lowest BCUT2D eigenvalue weighted by atomic mass is 10.2. The van der Waals surface area contributed by atoms with E-state index in [1.807, 2.05) is 6.92 Å². The van der Waals surface area contributed by atoms with Gasteiger partial charge in [0.25, 0.3) is 11.5 Å². The van der Waals surface area contributed by atoms with Crippen LogP contribution in [0.2, 0.25) is 0 Å². The van der Waals surface area contributed by atoms with E-state index >= 15 is 0 Å². The fraction of sp³-hybridized carbons (Fsp3) is 0.125. The van der Waals surface area contributed by atoms with Crippen molar-refractivity contribution in [2.75, 3.05) is 0 Å². The molecule has 1 amide bonds. The summed E-state index contributed by atoms with van der Waals surface area (Å²) >= 11 is 0. The molecule has 116 valence electrons. The van der Waals surface area contributed by atoms with E-state index in [4.69, 9.17) is 0 Å². The Labute approximate surface area is 131 Å². The highest BCUT2D eigenvalue weighted by atomic mass is 16.3. The zero-order valence-corrected chi connectivity index (χ0v) is 12.4. The van der Waals surface area contributed by atoms with Crippen molar-refractivity contribution in [3.8, 4) is 5.88 Å². The number of aryl methyl sites for hydroxylation is 1. The quantitative estimate of drug-likeness (QED) is 0.753. The molecule has 0 saturated carbocycles. The summed E-state index contributed by atoms with van der Waals surface area (Å²) in [6, 6.07) is 6.86. The Hall–Kier alpha value is -3.22. The molecule has 7 heteroatoms. The third-order valence-corrected chi connectivity index (χ3v) is 3.38. The van der Waals surface area contributed by atoms with Crippen LogP contribution in [-0.2, 0) is 6.54 Å². The van der Waals surface area contributed by atoms with Crippen LogP contribution >= 0.6 is 0 Å². The topological polar surface area (TPSA) is 96.6 Å². The second kappa shape index (κ2) is 5.88. The van der Waals surface area contributed by atoms with Crippen molar-refractivity contribution in [3.63, 3.8) is 0 Å². The number of rotatable bonds is 3. The number of pyridine rings is 2. The molecule has 0 atom stereocenters. The highest BCUT2D eigenvalue weighted by molar-refractivity contribution is 5.96.